The Morgan fingerprint density at radius 2 is 2.12 bits per heavy atom. The summed E-state index contributed by atoms with van der Waals surface area (Å²) in [5.74, 6) is 0.367. The Morgan fingerprint density at radius 3 is 2.25 bits per heavy atom. The lowest BCUT2D eigenvalue weighted by Crippen LogP contribution is -2.10. The summed E-state index contributed by atoms with van der Waals surface area (Å²) < 4.78 is 0. The van der Waals surface area contributed by atoms with Gasteiger partial charge in [-0.1, -0.05) is 13.8 Å². The average Bonchev–Trinajstić information content (AvgIpc) is 1.65. The molecular formula is C6H11O2. The fraction of sp³-hybridized carbons (Fsp3) is 0.833. The molecule has 0 rings (SSSR count). The highest BCUT2D eigenvalue weighted by atomic mass is 16.3. The second-order valence-corrected chi connectivity index (χ2v) is 2.26. The number of aliphatic hydroxyl groups is 1. The highest BCUT2D eigenvalue weighted by Crippen LogP contribution is 2.01. The topological polar surface area (TPSA) is 37.3 Å². The van der Waals surface area contributed by atoms with Gasteiger partial charge in [-0.25, -0.2) is 0 Å². The standard InChI is InChI=1S/C6H11O2/c1-5(2)3-6(8)4-7/h5-6,8H,3H2,1-2H3/t6-/m0/s1. The fourth-order valence-corrected chi connectivity index (χ4v) is 0.495. The molecule has 2 heteroatoms. The molecular weight excluding hydrogens is 104 g/mol. The lowest BCUT2D eigenvalue weighted by molar-refractivity contribution is 0.206. The maximum Gasteiger partial charge on any atom is 0.229 e. The minimum absolute atomic E-state index is 0.367. The van der Waals surface area contributed by atoms with Gasteiger partial charge in [-0.2, -0.15) is 0 Å². The first-order valence-electron chi connectivity index (χ1n) is 2.72. The van der Waals surface area contributed by atoms with Crippen LogP contribution in [0.15, 0.2) is 0 Å². The summed E-state index contributed by atoms with van der Waals surface area (Å²) in [6.45, 7) is 3.89. The molecule has 1 radical (unpaired) electrons. The van der Waals surface area contributed by atoms with E-state index in [9.17, 15) is 4.79 Å². The van der Waals surface area contributed by atoms with Crippen molar-refractivity contribution in [3.8, 4) is 0 Å². The smallest absolute Gasteiger partial charge is 0.229 e. The Morgan fingerprint density at radius 1 is 1.62 bits per heavy atom. The minimum Gasteiger partial charge on any atom is -0.385 e. The molecule has 0 saturated carbocycles. The van der Waals surface area contributed by atoms with E-state index >= 15 is 0 Å². The SMILES string of the molecule is CC(C)C[C@H](O)[C]=O. The molecule has 0 spiro atoms. The third kappa shape index (κ3) is 3.81. The molecule has 0 aromatic carbocycles. The zero-order valence-corrected chi connectivity index (χ0v) is 5.22. The van der Waals surface area contributed by atoms with Gasteiger partial charge >= 0.3 is 0 Å². The molecule has 0 bridgehead atoms. The molecule has 2 nitrogen and oxygen atoms in total. The van der Waals surface area contributed by atoms with Crippen LogP contribution in [0, 0.1) is 5.92 Å². The van der Waals surface area contributed by atoms with Crippen LogP contribution in [-0.4, -0.2) is 17.5 Å². The summed E-state index contributed by atoms with van der Waals surface area (Å²) in [7, 11) is 0. The lowest BCUT2D eigenvalue weighted by atomic mass is 10.1. The summed E-state index contributed by atoms with van der Waals surface area (Å²) in [6, 6.07) is 0. The van der Waals surface area contributed by atoms with Gasteiger partial charge < -0.3 is 5.11 Å². The quantitative estimate of drug-likeness (QED) is 0.581. The van der Waals surface area contributed by atoms with E-state index in [2.05, 4.69) is 0 Å². The Balaban J connectivity index is 3.23. The van der Waals surface area contributed by atoms with Crippen LogP contribution < -0.4 is 0 Å². The monoisotopic (exact) mass is 115 g/mol. The number of aliphatic hydroxyl groups excluding tert-OH is 1. The highest BCUT2D eigenvalue weighted by molar-refractivity contribution is 5.56. The fourth-order valence-electron chi connectivity index (χ4n) is 0.495. The Bertz CT molecular complexity index is 68.9. The lowest BCUT2D eigenvalue weighted by Gasteiger charge is -2.03. The number of hydrogen-bond donors (Lipinski definition) is 1. The molecule has 0 aliphatic carbocycles. The van der Waals surface area contributed by atoms with Crippen LogP contribution in [0.5, 0.6) is 0 Å². The van der Waals surface area contributed by atoms with Crippen LogP contribution in [0.1, 0.15) is 20.3 Å². The van der Waals surface area contributed by atoms with Crippen molar-refractivity contribution in [2.24, 2.45) is 5.92 Å². The summed E-state index contributed by atoms with van der Waals surface area (Å²) in [6.07, 6.45) is 1.14. The van der Waals surface area contributed by atoms with Crippen LogP contribution in [-0.2, 0) is 4.79 Å². The molecule has 1 N–H and O–H groups in total. The van der Waals surface area contributed by atoms with Crippen molar-refractivity contribution in [2.75, 3.05) is 0 Å². The molecule has 0 aliphatic heterocycles. The van der Waals surface area contributed by atoms with Crippen LogP contribution in [0.2, 0.25) is 0 Å². The van der Waals surface area contributed by atoms with E-state index in [1.807, 2.05) is 13.8 Å². The van der Waals surface area contributed by atoms with Gasteiger partial charge in [0.25, 0.3) is 0 Å². The van der Waals surface area contributed by atoms with Gasteiger partial charge in [0.2, 0.25) is 6.29 Å². The van der Waals surface area contributed by atoms with Crippen molar-refractivity contribution in [2.45, 2.75) is 26.4 Å². The van der Waals surface area contributed by atoms with E-state index in [0.717, 1.165) is 0 Å². The van der Waals surface area contributed by atoms with E-state index in [-0.39, 0.29) is 0 Å². The van der Waals surface area contributed by atoms with Gasteiger partial charge in [0.05, 0.1) is 0 Å². The van der Waals surface area contributed by atoms with Crippen molar-refractivity contribution < 1.29 is 9.90 Å². The highest BCUT2D eigenvalue weighted by Gasteiger charge is 2.03. The van der Waals surface area contributed by atoms with Crippen molar-refractivity contribution in [1.82, 2.24) is 0 Å². The zero-order chi connectivity index (χ0) is 6.57. The van der Waals surface area contributed by atoms with Crippen molar-refractivity contribution >= 4 is 6.29 Å². The van der Waals surface area contributed by atoms with Gasteiger partial charge in [-0.15, -0.1) is 0 Å². The van der Waals surface area contributed by atoms with E-state index in [4.69, 9.17) is 5.11 Å². The van der Waals surface area contributed by atoms with Crippen LogP contribution in [0.25, 0.3) is 0 Å². The summed E-state index contributed by atoms with van der Waals surface area (Å²) in [5.41, 5.74) is 0. The van der Waals surface area contributed by atoms with E-state index < -0.39 is 6.10 Å². The number of carbonyl (C=O) groups excluding carboxylic acids is 1. The Hall–Kier alpha value is -0.370. The zero-order valence-electron chi connectivity index (χ0n) is 5.22. The largest absolute Gasteiger partial charge is 0.385 e. The minimum atomic E-state index is -0.880. The first-order valence-corrected chi connectivity index (χ1v) is 2.72. The van der Waals surface area contributed by atoms with E-state index in [0.29, 0.717) is 12.3 Å². The molecule has 1 atom stereocenters. The van der Waals surface area contributed by atoms with Crippen LogP contribution in [0.4, 0.5) is 0 Å². The molecule has 47 valence electrons. The third-order valence-corrected chi connectivity index (χ3v) is 0.831. The maximum atomic E-state index is 9.67. The second kappa shape index (κ2) is 3.61. The second-order valence-electron chi connectivity index (χ2n) is 2.26. The van der Waals surface area contributed by atoms with Crippen LogP contribution in [0.3, 0.4) is 0 Å². The summed E-state index contributed by atoms with van der Waals surface area (Å²) in [5, 5.41) is 8.60. The molecule has 0 saturated heterocycles. The first kappa shape index (κ1) is 7.63. The summed E-state index contributed by atoms with van der Waals surface area (Å²) in [4.78, 5) is 9.67. The van der Waals surface area contributed by atoms with Gasteiger partial charge in [-0.05, 0) is 12.3 Å². The Labute approximate surface area is 49.5 Å². The Kier molecular flexibility index (Phi) is 3.44. The predicted octanol–water partition coefficient (Wildman–Crippen LogP) is 0.503. The van der Waals surface area contributed by atoms with Gasteiger partial charge in [0.15, 0.2) is 0 Å². The number of hydrogen-bond acceptors (Lipinski definition) is 2. The normalized spacial score (nSPS) is 14.0. The third-order valence-electron chi connectivity index (χ3n) is 0.831. The molecule has 0 amide bonds. The molecule has 0 aromatic heterocycles. The molecule has 8 heavy (non-hydrogen) atoms. The average molecular weight is 115 g/mol. The molecule has 0 unspecified atom stereocenters. The van der Waals surface area contributed by atoms with Gasteiger partial charge in [0.1, 0.15) is 6.10 Å². The molecule has 0 heterocycles. The first-order chi connectivity index (χ1) is 3.66. The molecule has 0 fully saturated rings. The molecule has 0 aliphatic rings. The van der Waals surface area contributed by atoms with Crippen molar-refractivity contribution in [1.29, 1.82) is 0 Å². The van der Waals surface area contributed by atoms with E-state index in [1.165, 1.54) is 6.29 Å². The van der Waals surface area contributed by atoms with Gasteiger partial charge in [-0.3, -0.25) is 4.79 Å². The molecule has 0 aromatic rings. The van der Waals surface area contributed by atoms with E-state index in [1.54, 1.807) is 0 Å². The summed E-state index contributed by atoms with van der Waals surface area (Å²) >= 11 is 0. The van der Waals surface area contributed by atoms with Crippen molar-refractivity contribution in [3.05, 3.63) is 0 Å². The number of rotatable bonds is 3. The van der Waals surface area contributed by atoms with Gasteiger partial charge in [0, 0.05) is 0 Å². The van der Waals surface area contributed by atoms with Crippen molar-refractivity contribution in [3.63, 3.8) is 0 Å². The maximum absolute atomic E-state index is 9.67. The van der Waals surface area contributed by atoms with Crippen LogP contribution >= 0.6 is 0 Å². The predicted molar refractivity (Wildman–Crippen MR) is 31.2 cm³/mol.